The zero-order valence-corrected chi connectivity index (χ0v) is 7.51. The molecule has 0 spiro atoms. The number of hydrogen-bond acceptors (Lipinski definition) is 3. The largest absolute Gasteiger partial charge is 0.399 e. The third-order valence-electron chi connectivity index (χ3n) is 1.05. The molecule has 1 rings (SSSR count). The van der Waals surface area contributed by atoms with Gasteiger partial charge in [-0.15, -0.1) is 11.7 Å². The Morgan fingerprint density at radius 3 is 2.70 bits per heavy atom. The van der Waals surface area contributed by atoms with Crippen molar-refractivity contribution < 1.29 is 0 Å². The average molecular weight is 192 g/mol. The fourth-order valence-corrected chi connectivity index (χ4v) is 1.81. The SMILES string of the molecule is Nc1ccc(SS)c(Cl)c1. The van der Waals surface area contributed by atoms with Gasteiger partial charge in [-0.05, 0) is 18.2 Å². The Kier molecular flexibility index (Phi) is 2.77. The number of rotatable bonds is 1. The quantitative estimate of drug-likeness (QED) is 0.406. The first-order valence-corrected chi connectivity index (χ1v) is 4.85. The van der Waals surface area contributed by atoms with Gasteiger partial charge in [0.15, 0.2) is 0 Å². The van der Waals surface area contributed by atoms with Crippen LogP contribution in [0.15, 0.2) is 23.1 Å². The second-order valence-electron chi connectivity index (χ2n) is 1.78. The minimum absolute atomic E-state index is 0.653. The van der Waals surface area contributed by atoms with Crippen LogP contribution in [-0.2, 0) is 0 Å². The van der Waals surface area contributed by atoms with Gasteiger partial charge >= 0.3 is 0 Å². The van der Waals surface area contributed by atoms with E-state index in [0.717, 1.165) is 4.90 Å². The van der Waals surface area contributed by atoms with Crippen molar-refractivity contribution in [2.75, 3.05) is 5.73 Å². The smallest absolute Gasteiger partial charge is 0.0570 e. The van der Waals surface area contributed by atoms with Crippen molar-refractivity contribution in [2.45, 2.75) is 4.90 Å². The molecule has 0 saturated heterocycles. The van der Waals surface area contributed by atoms with Crippen LogP contribution >= 0.6 is 34.1 Å². The normalized spacial score (nSPS) is 9.80. The van der Waals surface area contributed by atoms with Gasteiger partial charge in [-0.1, -0.05) is 22.4 Å². The molecule has 4 heteroatoms. The van der Waals surface area contributed by atoms with Crippen molar-refractivity contribution >= 4 is 39.7 Å². The Morgan fingerprint density at radius 2 is 2.20 bits per heavy atom. The predicted molar refractivity (Wildman–Crippen MR) is 50.7 cm³/mol. The van der Waals surface area contributed by atoms with E-state index in [0.29, 0.717) is 10.7 Å². The molecule has 0 amide bonds. The first-order chi connectivity index (χ1) is 4.74. The molecule has 1 nitrogen and oxygen atoms in total. The van der Waals surface area contributed by atoms with Gasteiger partial charge in [0, 0.05) is 10.6 Å². The van der Waals surface area contributed by atoms with E-state index in [9.17, 15) is 0 Å². The highest BCUT2D eigenvalue weighted by Gasteiger charge is 1.97. The van der Waals surface area contributed by atoms with Crippen LogP contribution in [0.1, 0.15) is 0 Å². The predicted octanol–water partition coefficient (Wildman–Crippen LogP) is 2.86. The van der Waals surface area contributed by atoms with Gasteiger partial charge in [-0.3, -0.25) is 0 Å². The molecular formula is C6H6ClNS2. The minimum atomic E-state index is 0.653. The molecule has 0 atom stereocenters. The Hall–Kier alpha value is 0.01000. The highest BCUT2D eigenvalue weighted by molar-refractivity contribution is 8.68. The summed E-state index contributed by atoms with van der Waals surface area (Å²) in [5.41, 5.74) is 6.14. The summed E-state index contributed by atoms with van der Waals surface area (Å²) in [4.78, 5) is 0.930. The van der Waals surface area contributed by atoms with E-state index < -0.39 is 0 Å². The summed E-state index contributed by atoms with van der Waals surface area (Å²) in [6.07, 6.45) is 0. The van der Waals surface area contributed by atoms with E-state index >= 15 is 0 Å². The molecule has 1 aromatic rings. The minimum Gasteiger partial charge on any atom is -0.399 e. The molecule has 0 radical (unpaired) electrons. The number of anilines is 1. The van der Waals surface area contributed by atoms with E-state index in [1.54, 1.807) is 12.1 Å². The van der Waals surface area contributed by atoms with Crippen LogP contribution in [0, 0.1) is 0 Å². The van der Waals surface area contributed by atoms with Crippen LogP contribution in [0.4, 0.5) is 5.69 Å². The van der Waals surface area contributed by atoms with Gasteiger partial charge in [0.25, 0.3) is 0 Å². The lowest BCUT2D eigenvalue weighted by molar-refractivity contribution is 1.47. The molecule has 0 bridgehead atoms. The molecule has 0 unspecified atom stereocenters. The first-order valence-electron chi connectivity index (χ1n) is 2.60. The molecule has 0 fully saturated rings. The number of hydrogen-bond donors (Lipinski definition) is 2. The molecule has 2 N–H and O–H groups in total. The molecule has 0 aliphatic heterocycles. The molecule has 10 heavy (non-hydrogen) atoms. The van der Waals surface area contributed by atoms with Crippen LogP contribution in [0.5, 0.6) is 0 Å². The van der Waals surface area contributed by atoms with Crippen molar-refractivity contribution in [1.82, 2.24) is 0 Å². The number of benzene rings is 1. The van der Waals surface area contributed by atoms with E-state index in [-0.39, 0.29) is 0 Å². The first kappa shape index (κ1) is 8.11. The fourth-order valence-electron chi connectivity index (χ4n) is 0.591. The van der Waals surface area contributed by atoms with E-state index in [2.05, 4.69) is 11.7 Å². The Morgan fingerprint density at radius 1 is 1.50 bits per heavy atom. The summed E-state index contributed by atoms with van der Waals surface area (Å²) in [5.74, 6) is 0. The van der Waals surface area contributed by atoms with Crippen molar-refractivity contribution in [3.8, 4) is 0 Å². The van der Waals surface area contributed by atoms with Gasteiger partial charge in [-0.2, -0.15) is 0 Å². The Labute approximate surface area is 73.8 Å². The molecular weight excluding hydrogens is 186 g/mol. The van der Waals surface area contributed by atoms with Gasteiger partial charge in [-0.25, -0.2) is 0 Å². The number of halogens is 1. The zero-order valence-electron chi connectivity index (χ0n) is 5.04. The van der Waals surface area contributed by atoms with Gasteiger partial charge in [0.2, 0.25) is 0 Å². The number of thiol groups is 1. The summed E-state index contributed by atoms with van der Waals surface area (Å²) in [6.45, 7) is 0. The van der Waals surface area contributed by atoms with Crippen LogP contribution in [0.25, 0.3) is 0 Å². The van der Waals surface area contributed by atoms with Crippen LogP contribution in [0.2, 0.25) is 5.02 Å². The monoisotopic (exact) mass is 191 g/mol. The third kappa shape index (κ3) is 1.75. The van der Waals surface area contributed by atoms with Crippen LogP contribution < -0.4 is 5.73 Å². The number of nitrogen functional groups attached to an aromatic ring is 1. The highest BCUT2D eigenvalue weighted by atomic mass is 35.5. The number of nitrogens with two attached hydrogens (primary N) is 1. The summed E-state index contributed by atoms with van der Waals surface area (Å²) in [6, 6.07) is 5.35. The van der Waals surface area contributed by atoms with E-state index in [1.165, 1.54) is 10.8 Å². The van der Waals surface area contributed by atoms with Gasteiger partial charge in [0.1, 0.15) is 0 Å². The molecule has 0 aromatic heterocycles. The summed E-state index contributed by atoms with van der Waals surface area (Å²) < 4.78 is 0. The maximum absolute atomic E-state index is 5.78. The lowest BCUT2D eigenvalue weighted by Gasteiger charge is -1.98. The van der Waals surface area contributed by atoms with E-state index in [1.807, 2.05) is 6.07 Å². The van der Waals surface area contributed by atoms with Gasteiger partial charge in [0.05, 0.1) is 5.02 Å². The maximum atomic E-state index is 5.78. The second-order valence-corrected chi connectivity index (χ2v) is 3.36. The van der Waals surface area contributed by atoms with Gasteiger partial charge < -0.3 is 5.73 Å². The highest BCUT2D eigenvalue weighted by Crippen LogP contribution is 2.30. The average Bonchev–Trinajstić information content (AvgIpc) is 1.88. The summed E-state index contributed by atoms with van der Waals surface area (Å²) >= 11 is 9.79. The molecule has 0 aliphatic rings. The second kappa shape index (κ2) is 3.42. The fraction of sp³-hybridized carbons (Fsp3) is 0. The molecule has 1 aromatic carbocycles. The molecule has 0 aliphatic carbocycles. The van der Waals surface area contributed by atoms with Crippen molar-refractivity contribution in [3.05, 3.63) is 23.2 Å². The van der Waals surface area contributed by atoms with Crippen molar-refractivity contribution in [2.24, 2.45) is 0 Å². The molecule has 0 heterocycles. The molecule has 0 saturated carbocycles. The van der Waals surface area contributed by atoms with Crippen molar-refractivity contribution in [1.29, 1.82) is 0 Å². The van der Waals surface area contributed by atoms with Crippen molar-refractivity contribution in [3.63, 3.8) is 0 Å². The Balaban J connectivity index is 3.07. The van der Waals surface area contributed by atoms with Crippen LogP contribution in [0.3, 0.4) is 0 Å². The summed E-state index contributed by atoms with van der Waals surface area (Å²) in [5, 5.41) is 0.653. The lowest BCUT2D eigenvalue weighted by atomic mass is 10.3. The standard InChI is InChI=1S/C6H6ClNS2/c7-5-3-4(8)1-2-6(5)10-9/h1-3,9H,8H2. The van der Waals surface area contributed by atoms with E-state index in [4.69, 9.17) is 17.3 Å². The Bertz CT molecular complexity index is 239. The van der Waals surface area contributed by atoms with Crippen LogP contribution in [-0.4, -0.2) is 0 Å². The maximum Gasteiger partial charge on any atom is 0.0570 e. The zero-order chi connectivity index (χ0) is 7.56. The lowest BCUT2D eigenvalue weighted by Crippen LogP contribution is -1.83. The topological polar surface area (TPSA) is 26.0 Å². The third-order valence-corrected chi connectivity index (χ3v) is 2.62. The molecule has 54 valence electrons. The summed E-state index contributed by atoms with van der Waals surface area (Å²) in [7, 11) is 1.31.